The highest BCUT2D eigenvalue weighted by atomic mass is 35.5. The zero-order valence-electron chi connectivity index (χ0n) is 18.3. The Morgan fingerprint density at radius 1 is 1.12 bits per heavy atom. The van der Waals surface area contributed by atoms with Crippen molar-refractivity contribution in [3.05, 3.63) is 94.3 Å². The van der Waals surface area contributed by atoms with Crippen LogP contribution in [0.3, 0.4) is 0 Å². The number of tetrazole rings is 1. The molecule has 0 fully saturated rings. The molecule has 168 valence electrons. The first-order chi connectivity index (χ1) is 15.9. The summed E-state index contributed by atoms with van der Waals surface area (Å²) >= 11 is 6.18. The summed E-state index contributed by atoms with van der Waals surface area (Å²) in [6.45, 7) is 2.46. The quantitative estimate of drug-likeness (QED) is 0.395. The highest BCUT2D eigenvalue weighted by Gasteiger charge is 2.23. The Balaban J connectivity index is 1.48. The van der Waals surface area contributed by atoms with Gasteiger partial charge in [-0.1, -0.05) is 48.0 Å². The molecule has 0 saturated carbocycles. The number of carboxylic acids is 1. The van der Waals surface area contributed by atoms with Gasteiger partial charge in [0.1, 0.15) is 12.4 Å². The standard InChI is InChI=1S/C25H23ClN4O3/c1-16-6-9-20(26)13-22(16)19-5-3-4-17(12-19)15-33-21-10-7-18(8-11-21)23(14-24(31)32)25-27-28-29-30(25)2/h3-13,23H,14-15H2,1-2H3,(H,31,32). The SMILES string of the molecule is Cc1ccc(Cl)cc1-c1cccc(COc2ccc(C(CC(=O)O)c3nnnn3C)cc2)c1. The lowest BCUT2D eigenvalue weighted by Gasteiger charge is -2.15. The van der Waals surface area contributed by atoms with Crippen LogP contribution in [-0.4, -0.2) is 31.3 Å². The molecule has 0 amide bonds. The number of aliphatic carboxylic acids is 1. The van der Waals surface area contributed by atoms with Gasteiger partial charge in [0.2, 0.25) is 0 Å². The molecule has 0 aliphatic carbocycles. The summed E-state index contributed by atoms with van der Waals surface area (Å²) < 4.78 is 7.47. The van der Waals surface area contributed by atoms with Crippen LogP contribution in [0.2, 0.25) is 5.02 Å². The Bertz CT molecular complexity index is 1270. The van der Waals surface area contributed by atoms with E-state index in [1.165, 1.54) is 4.68 Å². The zero-order chi connectivity index (χ0) is 23.4. The number of hydrogen-bond acceptors (Lipinski definition) is 5. The average molecular weight is 463 g/mol. The van der Waals surface area contributed by atoms with Crippen LogP contribution in [0, 0.1) is 6.92 Å². The van der Waals surface area contributed by atoms with E-state index in [0.29, 0.717) is 23.2 Å². The van der Waals surface area contributed by atoms with Gasteiger partial charge in [-0.2, -0.15) is 0 Å². The molecule has 0 aliphatic heterocycles. The molecule has 0 radical (unpaired) electrons. The maximum Gasteiger partial charge on any atom is 0.304 e. The first kappa shape index (κ1) is 22.5. The van der Waals surface area contributed by atoms with Gasteiger partial charge >= 0.3 is 5.97 Å². The van der Waals surface area contributed by atoms with E-state index >= 15 is 0 Å². The number of benzene rings is 3. The number of nitrogens with zero attached hydrogens (tertiary/aromatic N) is 4. The van der Waals surface area contributed by atoms with Crippen LogP contribution in [0.1, 0.15) is 34.9 Å². The van der Waals surface area contributed by atoms with Crippen LogP contribution in [0.4, 0.5) is 0 Å². The van der Waals surface area contributed by atoms with Gasteiger partial charge in [-0.05, 0) is 75.5 Å². The molecular formula is C25H23ClN4O3. The fourth-order valence-electron chi connectivity index (χ4n) is 3.76. The molecule has 33 heavy (non-hydrogen) atoms. The molecule has 3 aromatic carbocycles. The van der Waals surface area contributed by atoms with E-state index < -0.39 is 11.9 Å². The fourth-order valence-corrected chi connectivity index (χ4v) is 3.93. The van der Waals surface area contributed by atoms with Crippen LogP contribution in [-0.2, 0) is 18.4 Å². The van der Waals surface area contributed by atoms with E-state index in [0.717, 1.165) is 27.8 Å². The van der Waals surface area contributed by atoms with Crippen LogP contribution in [0.25, 0.3) is 11.1 Å². The number of aromatic nitrogens is 4. The van der Waals surface area contributed by atoms with Crippen molar-refractivity contribution >= 4 is 17.6 Å². The van der Waals surface area contributed by atoms with E-state index in [1.807, 2.05) is 54.6 Å². The van der Waals surface area contributed by atoms with Crippen molar-refractivity contribution < 1.29 is 14.6 Å². The molecule has 0 bridgehead atoms. The number of rotatable bonds is 8. The fraction of sp³-hybridized carbons (Fsp3) is 0.200. The summed E-state index contributed by atoms with van der Waals surface area (Å²) in [5, 5.41) is 21.5. The van der Waals surface area contributed by atoms with Crippen molar-refractivity contribution in [1.82, 2.24) is 20.2 Å². The lowest BCUT2D eigenvalue weighted by atomic mass is 9.95. The van der Waals surface area contributed by atoms with Gasteiger partial charge < -0.3 is 9.84 Å². The molecule has 1 aromatic heterocycles. The van der Waals surface area contributed by atoms with E-state index in [9.17, 15) is 9.90 Å². The van der Waals surface area contributed by atoms with Gasteiger partial charge in [0.25, 0.3) is 0 Å². The lowest BCUT2D eigenvalue weighted by Crippen LogP contribution is -2.13. The number of carboxylic acid groups (broad SMARTS) is 1. The topological polar surface area (TPSA) is 90.1 Å². The van der Waals surface area contributed by atoms with E-state index in [4.69, 9.17) is 16.3 Å². The van der Waals surface area contributed by atoms with Gasteiger partial charge in [-0.15, -0.1) is 5.10 Å². The predicted octanol–water partition coefficient (Wildman–Crippen LogP) is 5.02. The third kappa shape index (κ3) is 5.38. The minimum atomic E-state index is -0.918. The van der Waals surface area contributed by atoms with Crippen molar-refractivity contribution in [3.8, 4) is 16.9 Å². The second kappa shape index (κ2) is 9.83. The molecule has 1 heterocycles. The minimum absolute atomic E-state index is 0.107. The summed E-state index contributed by atoms with van der Waals surface area (Å²) in [5.41, 5.74) is 5.17. The van der Waals surface area contributed by atoms with Crippen molar-refractivity contribution in [2.45, 2.75) is 25.9 Å². The molecule has 4 aromatic rings. The number of carbonyl (C=O) groups is 1. The molecular weight excluding hydrogens is 440 g/mol. The Hall–Kier alpha value is -3.71. The molecule has 0 saturated heterocycles. The normalized spacial score (nSPS) is 11.8. The van der Waals surface area contributed by atoms with Crippen LogP contribution < -0.4 is 4.74 Å². The van der Waals surface area contributed by atoms with Gasteiger partial charge in [0.05, 0.1) is 12.3 Å². The Kier molecular flexibility index (Phi) is 6.70. The number of halogens is 1. The predicted molar refractivity (Wildman–Crippen MR) is 125 cm³/mol. The lowest BCUT2D eigenvalue weighted by molar-refractivity contribution is -0.137. The molecule has 1 unspecified atom stereocenters. The maximum absolute atomic E-state index is 11.4. The van der Waals surface area contributed by atoms with E-state index in [-0.39, 0.29) is 6.42 Å². The summed E-state index contributed by atoms with van der Waals surface area (Å²) in [6.07, 6.45) is -0.107. The van der Waals surface area contributed by atoms with E-state index in [2.05, 4.69) is 34.6 Å². The van der Waals surface area contributed by atoms with Crippen LogP contribution in [0.15, 0.2) is 66.7 Å². The summed E-state index contributed by atoms with van der Waals surface area (Å²) in [5.74, 6) is -0.181. The average Bonchev–Trinajstić information content (AvgIpc) is 3.23. The molecule has 0 spiro atoms. The van der Waals surface area contributed by atoms with Gasteiger partial charge in [0, 0.05) is 12.1 Å². The Morgan fingerprint density at radius 3 is 2.61 bits per heavy atom. The largest absolute Gasteiger partial charge is 0.489 e. The van der Waals surface area contributed by atoms with Crippen molar-refractivity contribution in [3.63, 3.8) is 0 Å². The molecule has 7 nitrogen and oxygen atoms in total. The number of ether oxygens (including phenoxy) is 1. The molecule has 4 rings (SSSR count). The summed E-state index contributed by atoms with van der Waals surface area (Å²) in [6, 6.07) is 21.4. The number of aryl methyl sites for hydroxylation is 2. The first-order valence-corrected chi connectivity index (χ1v) is 10.8. The zero-order valence-corrected chi connectivity index (χ0v) is 19.0. The van der Waals surface area contributed by atoms with E-state index in [1.54, 1.807) is 7.05 Å². The second-order valence-electron chi connectivity index (χ2n) is 7.83. The molecule has 1 N–H and O–H groups in total. The Morgan fingerprint density at radius 2 is 1.91 bits per heavy atom. The van der Waals surface area contributed by atoms with Gasteiger partial charge in [-0.25, -0.2) is 4.68 Å². The van der Waals surface area contributed by atoms with Crippen molar-refractivity contribution in [1.29, 1.82) is 0 Å². The second-order valence-corrected chi connectivity index (χ2v) is 8.26. The number of hydrogen-bond donors (Lipinski definition) is 1. The Labute approximate surface area is 196 Å². The molecule has 1 atom stereocenters. The van der Waals surface area contributed by atoms with Crippen LogP contribution in [0.5, 0.6) is 5.75 Å². The smallest absolute Gasteiger partial charge is 0.304 e. The monoisotopic (exact) mass is 462 g/mol. The third-order valence-corrected chi connectivity index (χ3v) is 5.70. The van der Waals surface area contributed by atoms with Crippen LogP contribution >= 0.6 is 11.6 Å². The highest BCUT2D eigenvalue weighted by molar-refractivity contribution is 6.30. The van der Waals surface area contributed by atoms with Gasteiger partial charge in [0.15, 0.2) is 5.82 Å². The van der Waals surface area contributed by atoms with Crippen molar-refractivity contribution in [2.24, 2.45) is 7.05 Å². The molecule has 8 heteroatoms. The summed E-state index contributed by atoms with van der Waals surface area (Å²) in [4.78, 5) is 11.4. The minimum Gasteiger partial charge on any atom is -0.489 e. The first-order valence-electron chi connectivity index (χ1n) is 10.4. The highest BCUT2D eigenvalue weighted by Crippen LogP contribution is 2.29. The maximum atomic E-state index is 11.4. The third-order valence-electron chi connectivity index (χ3n) is 5.47. The summed E-state index contributed by atoms with van der Waals surface area (Å²) in [7, 11) is 1.70. The molecule has 0 aliphatic rings. The van der Waals surface area contributed by atoms with Crippen molar-refractivity contribution in [2.75, 3.05) is 0 Å². The van der Waals surface area contributed by atoms with Gasteiger partial charge in [-0.3, -0.25) is 4.79 Å².